The van der Waals surface area contributed by atoms with Gasteiger partial charge in [0.05, 0.1) is 25.3 Å². The Bertz CT molecular complexity index is 3140. The minimum absolute atomic E-state index is 0.0493. The molecule has 0 unspecified atom stereocenters. The summed E-state index contributed by atoms with van der Waals surface area (Å²) < 4.78 is 13.7. The summed E-state index contributed by atoms with van der Waals surface area (Å²) >= 11 is 0. The van der Waals surface area contributed by atoms with E-state index < -0.39 is 71.3 Å². The predicted molar refractivity (Wildman–Crippen MR) is 278 cm³/mol. The number of amides is 4. The molecule has 9 rings (SSSR count). The molecule has 4 atom stereocenters. The number of Topliss-reactive ketones (excluding diaryl/α,β-unsaturated/α-hetero) is 2. The Kier molecular flexibility index (Phi) is 15.4. The Labute approximate surface area is 436 Å². The van der Waals surface area contributed by atoms with Crippen LogP contribution in [-0.2, 0) is 64.2 Å². The summed E-state index contributed by atoms with van der Waals surface area (Å²) in [5, 5.41) is 26.0. The third kappa shape index (κ3) is 11.1. The van der Waals surface area contributed by atoms with Crippen LogP contribution in [0.25, 0.3) is 21.8 Å². The summed E-state index contributed by atoms with van der Waals surface area (Å²) in [5.41, 5.74) is 4.91. The third-order valence-corrected chi connectivity index (χ3v) is 14.2. The van der Waals surface area contributed by atoms with Crippen LogP contribution < -0.4 is 10.6 Å². The van der Waals surface area contributed by atoms with Crippen LogP contribution in [0.1, 0.15) is 68.7 Å². The molecule has 2 saturated heterocycles. The average Bonchev–Trinajstić information content (AvgIpc) is 4.28. The van der Waals surface area contributed by atoms with Crippen LogP contribution in [0.3, 0.4) is 0 Å². The summed E-state index contributed by atoms with van der Waals surface area (Å²) in [6.45, 7) is 1.04. The van der Waals surface area contributed by atoms with Gasteiger partial charge in [0.2, 0.25) is 11.8 Å². The van der Waals surface area contributed by atoms with Gasteiger partial charge in [0.25, 0.3) is 23.4 Å². The maximum Gasteiger partial charge on any atom is 0.328 e. The van der Waals surface area contributed by atoms with Crippen molar-refractivity contribution in [2.45, 2.75) is 75.8 Å². The van der Waals surface area contributed by atoms with E-state index in [-0.39, 0.29) is 48.6 Å². The average molecular weight is 1030 g/mol. The number of phenolic OH excluding ortho intramolecular Hbond substituents is 2. The number of benzene rings is 5. The zero-order chi connectivity index (χ0) is 53.6. The van der Waals surface area contributed by atoms with Crippen molar-refractivity contribution in [3.63, 3.8) is 0 Å². The van der Waals surface area contributed by atoms with Crippen molar-refractivity contribution in [3.8, 4) is 11.5 Å². The number of nitrogens with one attached hydrogen (secondary N) is 2. The van der Waals surface area contributed by atoms with Gasteiger partial charge in [0.15, 0.2) is 0 Å². The van der Waals surface area contributed by atoms with E-state index in [0.717, 1.165) is 22.2 Å². The minimum Gasteiger partial charge on any atom is -0.508 e. The number of carbonyl (C=O) groups excluding carboxylic acids is 8. The third-order valence-electron chi connectivity index (χ3n) is 14.2. The summed E-state index contributed by atoms with van der Waals surface area (Å²) in [4.78, 5) is 112. The lowest BCUT2D eigenvalue weighted by atomic mass is 10.0. The first kappa shape index (κ1) is 51.8. The second kappa shape index (κ2) is 22.6. The first-order chi connectivity index (χ1) is 36.7. The molecule has 0 radical (unpaired) electrons. The van der Waals surface area contributed by atoms with Crippen LogP contribution in [0, 0.1) is 0 Å². The number of fused-ring (bicyclic) bond motifs is 2. The van der Waals surface area contributed by atoms with Crippen molar-refractivity contribution >= 4 is 68.9 Å². The van der Waals surface area contributed by atoms with Gasteiger partial charge in [-0.25, -0.2) is 9.59 Å². The molecule has 4 heterocycles. The molecule has 7 aromatic rings. The number of aromatic hydroxyl groups is 2. The van der Waals surface area contributed by atoms with E-state index in [4.69, 9.17) is 9.47 Å². The zero-order valence-electron chi connectivity index (χ0n) is 41.8. The van der Waals surface area contributed by atoms with Crippen molar-refractivity contribution in [2.75, 3.05) is 27.3 Å². The lowest BCUT2D eigenvalue weighted by molar-refractivity contribution is -0.146. The molecule has 4 amide bonds. The number of hydrogen-bond acceptors (Lipinski definition) is 12. The van der Waals surface area contributed by atoms with E-state index in [0.29, 0.717) is 60.7 Å². The largest absolute Gasteiger partial charge is 0.508 e. The molecule has 0 spiro atoms. The van der Waals surface area contributed by atoms with E-state index in [1.165, 1.54) is 48.3 Å². The predicted octanol–water partition coefficient (Wildman–Crippen LogP) is 5.25. The number of carbonyl (C=O) groups is 8. The van der Waals surface area contributed by atoms with Crippen molar-refractivity contribution in [1.82, 2.24) is 29.6 Å². The highest BCUT2D eigenvalue weighted by atomic mass is 16.5. The fourth-order valence-electron chi connectivity index (χ4n) is 10.3. The molecule has 2 aromatic heterocycles. The second-order valence-corrected chi connectivity index (χ2v) is 19.1. The minimum atomic E-state index is -1.07. The van der Waals surface area contributed by atoms with Gasteiger partial charge < -0.3 is 49.3 Å². The summed E-state index contributed by atoms with van der Waals surface area (Å²) in [7, 11) is 2.42. The molecule has 0 bridgehead atoms. The Morgan fingerprint density at radius 3 is 1.24 bits per heavy atom. The highest BCUT2D eigenvalue weighted by Crippen LogP contribution is 2.29. The number of methoxy groups -OCH3 is 2. The van der Waals surface area contributed by atoms with E-state index in [1.807, 2.05) is 57.7 Å². The number of likely N-dealkylation sites (tertiary alicyclic amines) is 2. The SMILES string of the molecule is COC(=O)[C@H](Cc1ccc(O)cc1)NC(=O)[C@H]1CCCN1C(=O)C(=O)c1cn(Cc2ccc(Cn3cc(C(=O)C(=O)N4CCC[C@H]4C(=O)N[C@@H](Cc4ccc(O)cc4)C(=O)OC)c4ccccc43)cc2)c2ccccc12. The number of phenols is 2. The number of aromatic nitrogens is 2. The molecule has 18 nitrogen and oxygen atoms in total. The number of ketones is 2. The second-order valence-electron chi connectivity index (χ2n) is 19.1. The highest BCUT2D eigenvalue weighted by molar-refractivity contribution is 6.46. The van der Waals surface area contributed by atoms with Crippen molar-refractivity contribution in [3.05, 3.63) is 167 Å². The molecule has 0 aliphatic carbocycles. The standard InChI is InChI=1S/C58H56N6O12/c1-75-57(73)45(29-35-19-23-39(65)24-20-35)59-53(69)49-13-7-27-63(49)55(71)51(67)43-33-61(47-11-5-3-9-41(43)47)31-37-15-17-38(18-16-37)32-62-34-44(42-10-4-6-12-48(42)62)52(68)56(72)64-28-8-14-50(64)54(70)60-46(58(74)76-2)30-36-21-25-40(66)26-22-36/h3-6,9-12,15-26,33-34,45-46,49-50,65-66H,7-8,13-14,27-32H2,1-2H3,(H,59,69)(H,60,70)/t45-,46-,49-,50+/m0/s1. The summed E-state index contributed by atoms with van der Waals surface area (Å²) in [5.74, 6) is -5.63. The molecule has 18 heteroatoms. The Balaban J connectivity index is 0.864. The van der Waals surface area contributed by atoms with Crippen LogP contribution in [0.15, 0.2) is 134 Å². The summed E-state index contributed by atoms with van der Waals surface area (Å²) in [6, 6.07) is 30.6. The molecular weight excluding hydrogens is 973 g/mol. The van der Waals surface area contributed by atoms with Crippen LogP contribution >= 0.6 is 0 Å². The summed E-state index contributed by atoms with van der Waals surface area (Å²) in [6.07, 6.45) is 5.00. The quantitative estimate of drug-likeness (QED) is 0.0490. The van der Waals surface area contributed by atoms with E-state index in [9.17, 15) is 48.6 Å². The van der Waals surface area contributed by atoms with Gasteiger partial charge in [-0.2, -0.15) is 0 Å². The van der Waals surface area contributed by atoms with Crippen LogP contribution in [-0.4, -0.2) is 128 Å². The van der Waals surface area contributed by atoms with E-state index in [1.54, 1.807) is 60.9 Å². The van der Waals surface area contributed by atoms with Gasteiger partial charge in [-0.3, -0.25) is 28.8 Å². The number of rotatable bonds is 18. The number of ether oxygens (including phenoxy) is 2. The van der Waals surface area contributed by atoms with Crippen molar-refractivity contribution < 1.29 is 58.0 Å². The Hall–Kier alpha value is -9.06. The fourth-order valence-corrected chi connectivity index (χ4v) is 10.3. The lowest BCUT2D eigenvalue weighted by Crippen LogP contribution is -2.52. The molecule has 76 heavy (non-hydrogen) atoms. The Morgan fingerprint density at radius 2 is 0.868 bits per heavy atom. The highest BCUT2D eigenvalue weighted by Gasteiger charge is 2.41. The van der Waals surface area contributed by atoms with Gasteiger partial charge in [-0.1, -0.05) is 84.9 Å². The van der Waals surface area contributed by atoms with E-state index in [2.05, 4.69) is 10.6 Å². The number of esters is 2. The van der Waals surface area contributed by atoms with Gasteiger partial charge >= 0.3 is 11.9 Å². The normalized spacial score (nSPS) is 16.0. The van der Waals surface area contributed by atoms with Crippen LogP contribution in [0.5, 0.6) is 11.5 Å². The molecule has 2 aliphatic heterocycles. The first-order valence-electron chi connectivity index (χ1n) is 25.0. The lowest BCUT2D eigenvalue weighted by Gasteiger charge is -2.25. The van der Waals surface area contributed by atoms with E-state index >= 15 is 0 Å². The van der Waals surface area contributed by atoms with Crippen molar-refractivity contribution in [2.24, 2.45) is 0 Å². The van der Waals surface area contributed by atoms with Crippen molar-refractivity contribution in [1.29, 1.82) is 0 Å². The molecule has 2 aliphatic rings. The number of para-hydroxylation sites is 2. The molecule has 390 valence electrons. The van der Waals surface area contributed by atoms with Crippen LogP contribution in [0.4, 0.5) is 0 Å². The molecule has 2 fully saturated rings. The van der Waals surface area contributed by atoms with Gasteiger partial charge in [0, 0.05) is 73.2 Å². The van der Waals surface area contributed by atoms with Gasteiger partial charge in [-0.15, -0.1) is 0 Å². The monoisotopic (exact) mass is 1030 g/mol. The van der Waals surface area contributed by atoms with Crippen LogP contribution in [0.2, 0.25) is 0 Å². The maximum absolute atomic E-state index is 14.1. The van der Waals surface area contributed by atoms with Gasteiger partial charge in [-0.05, 0) is 84.3 Å². The van der Waals surface area contributed by atoms with Gasteiger partial charge in [0.1, 0.15) is 35.7 Å². The maximum atomic E-state index is 14.1. The number of hydrogen-bond donors (Lipinski definition) is 4. The molecule has 5 aromatic carbocycles. The molecule has 4 N–H and O–H groups in total. The molecular formula is C58H56N6O12. The Morgan fingerprint density at radius 1 is 0.513 bits per heavy atom. The number of nitrogens with zero attached hydrogens (tertiary/aromatic N) is 4. The molecule has 0 saturated carbocycles. The zero-order valence-corrected chi connectivity index (χ0v) is 41.8. The fraction of sp³-hybridized carbons (Fsp3) is 0.276. The topological polar surface area (TPSA) is 236 Å². The first-order valence-corrected chi connectivity index (χ1v) is 25.0. The smallest absolute Gasteiger partial charge is 0.328 e.